The van der Waals surface area contributed by atoms with E-state index in [2.05, 4.69) is 29.4 Å². The lowest BCUT2D eigenvalue weighted by molar-refractivity contribution is 0.180. The van der Waals surface area contributed by atoms with Crippen LogP contribution in [0.4, 0.5) is 5.82 Å². The van der Waals surface area contributed by atoms with Crippen LogP contribution in [0.15, 0.2) is 24.3 Å². The third-order valence-corrected chi connectivity index (χ3v) is 5.35. The molecule has 6 heteroatoms. The number of aliphatic hydroxyl groups is 1. The largest absolute Gasteiger partial charge is 0.374 e. The molecule has 1 aromatic heterocycles. The first kappa shape index (κ1) is 20.6. The zero-order valence-corrected chi connectivity index (χ0v) is 17.4. The number of benzene rings is 1. The minimum atomic E-state index is -0.780. The summed E-state index contributed by atoms with van der Waals surface area (Å²) in [6.45, 7) is 11.0. The van der Waals surface area contributed by atoms with Crippen LogP contribution in [-0.4, -0.2) is 47.8 Å². The zero-order valence-electron chi connectivity index (χ0n) is 17.4. The molecule has 3 rings (SSSR count). The maximum atomic E-state index is 9.73. The maximum absolute atomic E-state index is 9.73. The minimum absolute atomic E-state index is 0.223. The zero-order chi connectivity index (χ0) is 20.3. The molecule has 0 spiro atoms. The highest BCUT2D eigenvalue weighted by Gasteiger charge is 2.25. The first-order chi connectivity index (χ1) is 13.4. The Labute approximate surface area is 167 Å². The van der Waals surface area contributed by atoms with Gasteiger partial charge in [-0.2, -0.15) is 0 Å². The molecule has 0 amide bonds. The van der Waals surface area contributed by atoms with Crippen molar-refractivity contribution in [3.8, 4) is 0 Å². The fourth-order valence-electron chi connectivity index (χ4n) is 3.87. The molecule has 1 fully saturated rings. The summed E-state index contributed by atoms with van der Waals surface area (Å²) in [5, 5.41) is 25.8. The van der Waals surface area contributed by atoms with Crippen LogP contribution >= 0.6 is 0 Å². The molecule has 1 saturated heterocycles. The molecule has 6 nitrogen and oxygen atoms in total. The molecule has 2 heterocycles. The molecule has 4 N–H and O–H groups in total. The van der Waals surface area contributed by atoms with Crippen molar-refractivity contribution in [1.82, 2.24) is 15.6 Å². The van der Waals surface area contributed by atoms with Gasteiger partial charge in [0.25, 0.3) is 0 Å². The fraction of sp³-hybridized carbons (Fsp3) is 0.545. The van der Waals surface area contributed by atoms with Crippen molar-refractivity contribution in [3.05, 3.63) is 35.4 Å². The van der Waals surface area contributed by atoms with E-state index in [-0.39, 0.29) is 5.84 Å². The van der Waals surface area contributed by atoms with Gasteiger partial charge in [-0.25, -0.2) is 4.98 Å². The van der Waals surface area contributed by atoms with E-state index in [0.717, 1.165) is 60.3 Å². The number of aliphatic hydroxyl groups excluding tert-OH is 1. The van der Waals surface area contributed by atoms with Crippen LogP contribution < -0.4 is 15.5 Å². The molecular weight excluding hydrogens is 350 g/mol. The van der Waals surface area contributed by atoms with E-state index < -0.39 is 6.23 Å². The molecule has 2 aromatic rings. The Morgan fingerprint density at radius 3 is 2.57 bits per heavy atom. The van der Waals surface area contributed by atoms with Gasteiger partial charge in [-0.05, 0) is 50.8 Å². The van der Waals surface area contributed by atoms with Crippen LogP contribution in [-0.2, 0) is 0 Å². The van der Waals surface area contributed by atoms with Gasteiger partial charge >= 0.3 is 0 Å². The average molecular weight is 384 g/mol. The SMILES string of the molecule is Cc1c(C(=N)NC(C)O)c(N2CCC(NCC(C)C)CC2)nc2ccccc12. The number of hydrogen-bond donors (Lipinski definition) is 4. The Morgan fingerprint density at radius 1 is 1.25 bits per heavy atom. The lowest BCUT2D eigenvalue weighted by Crippen LogP contribution is -2.44. The van der Waals surface area contributed by atoms with Crippen LogP contribution in [0.2, 0.25) is 0 Å². The van der Waals surface area contributed by atoms with E-state index in [1.54, 1.807) is 6.92 Å². The molecule has 1 unspecified atom stereocenters. The van der Waals surface area contributed by atoms with Gasteiger partial charge in [0.2, 0.25) is 0 Å². The molecule has 28 heavy (non-hydrogen) atoms. The lowest BCUT2D eigenvalue weighted by atomic mass is 9.99. The summed E-state index contributed by atoms with van der Waals surface area (Å²) in [4.78, 5) is 7.22. The molecule has 0 saturated carbocycles. The third kappa shape index (κ3) is 4.62. The number of nitrogens with zero attached hydrogens (tertiary/aromatic N) is 2. The normalized spacial score (nSPS) is 16.6. The number of aryl methyl sites for hydroxylation is 1. The topological polar surface area (TPSA) is 84.3 Å². The minimum Gasteiger partial charge on any atom is -0.374 e. The van der Waals surface area contributed by atoms with Crippen molar-refractivity contribution in [2.45, 2.75) is 52.8 Å². The van der Waals surface area contributed by atoms with E-state index in [1.807, 2.05) is 31.2 Å². The average Bonchev–Trinajstić information content (AvgIpc) is 2.66. The molecule has 0 radical (unpaired) electrons. The van der Waals surface area contributed by atoms with E-state index in [0.29, 0.717) is 12.0 Å². The van der Waals surface area contributed by atoms with Gasteiger partial charge in [-0.3, -0.25) is 5.41 Å². The lowest BCUT2D eigenvalue weighted by Gasteiger charge is -2.35. The van der Waals surface area contributed by atoms with Crippen LogP contribution in [0.25, 0.3) is 10.9 Å². The summed E-state index contributed by atoms with van der Waals surface area (Å²) in [5.41, 5.74) is 2.76. The molecule has 0 aliphatic carbocycles. The van der Waals surface area contributed by atoms with Crippen molar-refractivity contribution in [3.63, 3.8) is 0 Å². The standard InChI is InChI=1S/C22H33N5O/c1-14(2)13-24-17-9-11-27(12-10-17)22-20(21(23)25-16(4)28)15(3)18-7-5-6-8-19(18)26-22/h5-8,14,16-17,24,28H,9-13H2,1-4H3,(H2,23,25). The highest BCUT2D eigenvalue weighted by Crippen LogP contribution is 2.30. The second-order valence-corrected chi connectivity index (χ2v) is 8.21. The number of pyridine rings is 1. The number of hydrogen-bond acceptors (Lipinski definition) is 5. The van der Waals surface area contributed by atoms with E-state index in [4.69, 9.17) is 10.4 Å². The Balaban J connectivity index is 1.90. The maximum Gasteiger partial charge on any atom is 0.140 e. The Bertz CT molecular complexity index is 825. The van der Waals surface area contributed by atoms with Crippen molar-refractivity contribution < 1.29 is 5.11 Å². The van der Waals surface area contributed by atoms with Crippen LogP contribution in [0.3, 0.4) is 0 Å². The Kier molecular flexibility index (Phi) is 6.52. The first-order valence-electron chi connectivity index (χ1n) is 10.3. The highest BCUT2D eigenvalue weighted by molar-refractivity contribution is 6.06. The van der Waals surface area contributed by atoms with Gasteiger partial charge in [0.15, 0.2) is 0 Å². The van der Waals surface area contributed by atoms with Gasteiger partial charge < -0.3 is 20.6 Å². The van der Waals surface area contributed by atoms with Crippen LogP contribution in [0.5, 0.6) is 0 Å². The van der Waals surface area contributed by atoms with Crippen molar-refractivity contribution in [1.29, 1.82) is 5.41 Å². The van der Waals surface area contributed by atoms with Gasteiger partial charge in [0.05, 0.1) is 11.1 Å². The van der Waals surface area contributed by atoms with Crippen LogP contribution in [0, 0.1) is 18.3 Å². The van der Waals surface area contributed by atoms with Gasteiger partial charge in [-0.1, -0.05) is 32.0 Å². The predicted molar refractivity (Wildman–Crippen MR) is 116 cm³/mol. The first-order valence-corrected chi connectivity index (χ1v) is 10.3. The summed E-state index contributed by atoms with van der Waals surface area (Å²) < 4.78 is 0. The molecule has 1 aliphatic rings. The van der Waals surface area contributed by atoms with Crippen molar-refractivity contribution in [2.24, 2.45) is 5.92 Å². The van der Waals surface area contributed by atoms with Gasteiger partial charge in [0, 0.05) is 24.5 Å². The predicted octanol–water partition coefficient (Wildman–Crippen LogP) is 3.01. The molecule has 1 aliphatic heterocycles. The number of para-hydroxylation sites is 1. The molecular formula is C22H33N5O. The van der Waals surface area contributed by atoms with Gasteiger partial charge in [0.1, 0.15) is 17.9 Å². The van der Waals surface area contributed by atoms with E-state index in [1.165, 1.54) is 0 Å². The number of aromatic nitrogens is 1. The highest BCUT2D eigenvalue weighted by atomic mass is 16.3. The number of fused-ring (bicyclic) bond motifs is 1. The van der Waals surface area contributed by atoms with Crippen LogP contribution in [0.1, 0.15) is 44.7 Å². The Morgan fingerprint density at radius 2 is 1.93 bits per heavy atom. The summed E-state index contributed by atoms with van der Waals surface area (Å²) >= 11 is 0. The second kappa shape index (κ2) is 8.88. The molecule has 0 bridgehead atoms. The fourth-order valence-corrected chi connectivity index (χ4v) is 3.87. The van der Waals surface area contributed by atoms with E-state index in [9.17, 15) is 5.11 Å². The number of anilines is 1. The smallest absolute Gasteiger partial charge is 0.140 e. The number of amidine groups is 1. The summed E-state index contributed by atoms with van der Waals surface area (Å²) in [6.07, 6.45) is 1.35. The van der Waals surface area contributed by atoms with Gasteiger partial charge in [-0.15, -0.1) is 0 Å². The third-order valence-electron chi connectivity index (χ3n) is 5.35. The summed E-state index contributed by atoms with van der Waals surface area (Å²) in [5.74, 6) is 1.72. The van der Waals surface area contributed by atoms with Crippen molar-refractivity contribution in [2.75, 3.05) is 24.5 Å². The number of nitrogens with one attached hydrogen (secondary N) is 3. The molecule has 1 atom stereocenters. The Hall–Kier alpha value is -2.18. The summed E-state index contributed by atoms with van der Waals surface area (Å²) in [6, 6.07) is 8.61. The number of piperidine rings is 1. The molecule has 1 aromatic carbocycles. The number of rotatable bonds is 6. The quantitative estimate of drug-likeness (QED) is 0.350. The monoisotopic (exact) mass is 383 g/mol. The second-order valence-electron chi connectivity index (χ2n) is 8.21. The van der Waals surface area contributed by atoms with E-state index >= 15 is 0 Å². The summed E-state index contributed by atoms with van der Waals surface area (Å²) in [7, 11) is 0. The molecule has 152 valence electrons. The van der Waals surface area contributed by atoms with Crippen molar-refractivity contribution >= 4 is 22.6 Å².